The second-order valence-electron chi connectivity index (χ2n) is 5.44. The molecule has 1 amide bonds. The number of benzene rings is 1. The number of hydrogen-bond donors (Lipinski definition) is 1. The highest BCUT2D eigenvalue weighted by Gasteiger charge is 2.34. The van der Waals surface area contributed by atoms with Gasteiger partial charge in [0.2, 0.25) is 5.91 Å². The predicted octanol–water partition coefficient (Wildman–Crippen LogP) is 2.32. The Morgan fingerprint density at radius 2 is 2.16 bits per heavy atom. The van der Waals surface area contributed by atoms with Gasteiger partial charge in [-0.3, -0.25) is 14.9 Å². The summed E-state index contributed by atoms with van der Waals surface area (Å²) >= 11 is 6.18. The Morgan fingerprint density at radius 1 is 1.44 bits per heavy atom. The van der Waals surface area contributed by atoms with Gasteiger partial charge in [-0.05, 0) is 18.6 Å². The number of carbonyl (C=O) groups excluding carboxylic acids is 2. The molecule has 0 unspecified atom stereocenters. The van der Waals surface area contributed by atoms with Crippen molar-refractivity contribution in [1.82, 2.24) is 5.32 Å². The van der Waals surface area contributed by atoms with Crippen molar-refractivity contribution in [3.05, 3.63) is 50.2 Å². The van der Waals surface area contributed by atoms with E-state index in [0.717, 1.165) is 0 Å². The second-order valence-corrected chi connectivity index (χ2v) is 5.84. The molecule has 1 atom stereocenters. The predicted molar refractivity (Wildman–Crippen MR) is 89.1 cm³/mol. The Bertz CT molecular complexity index is 746. The Morgan fingerprint density at radius 3 is 2.80 bits per heavy atom. The molecule has 134 valence electrons. The van der Waals surface area contributed by atoms with Crippen molar-refractivity contribution in [3.63, 3.8) is 0 Å². The fraction of sp³-hybridized carbons (Fsp3) is 0.375. The Kier molecular flexibility index (Phi) is 6.11. The number of non-ortho nitro benzene ring substituents is 1. The van der Waals surface area contributed by atoms with Crippen molar-refractivity contribution < 1.29 is 24.0 Å². The summed E-state index contributed by atoms with van der Waals surface area (Å²) in [5.74, 6) is -1.66. The molecule has 1 aromatic rings. The van der Waals surface area contributed by atoms with E-state index < -0.39 is 16.8 Å². The van der Waals surface area contributed by atoms with Gasteiger partial charge in [-0.15, -0.1) is 0 Å². The summed E-state index contributed by atoms with van der Waals surface area (Å²) in [6.45, 7) is 1.85. The molecule has 0 fully saturated rings. The van der Waals surface area contributed by atoms with Crippen molar-refractivity contribution in [1.29, 1.82) is 0 Å². The van der Waals surface area contributed by atoms with Crippen LogP contribution in [0.15, 0.2) is 29.5 Å². The molecule has 0 aromatic heterocycles. The largest absolute Gasteiger partial charge is 0.460 e. The number of rotatable bonds is 6. The highest BCUT2D eigenvalue weighted by atomic mass is 35.5. The monoisotopic (exact) mass is 368 g/mol. The number of amides is 1. The van der Waals surface area contributed by atoms with E-state index in [2.05, 4.69) is 5.32 Å². The molecule has 0 bridgehead atoms. The van der Waals surface area contributed by atoms with Crippen LogP contribution in [0.3, 0.4) is 0 Å². The van der Waals surface area contributed by atoms with Crippen LogP contribution in [0, 0.1) is 10.1 Å². The van der Waals surface area contributed by atoms with Crippen molar-refractivity contribution in [2.24, 2.45) is 0 Å². The average Bonchev–Trinajstić information content (AvgIpc) is 2.54. The summed E-state index contributed by atoms with van der Waals surface area (Å²) in [5, 5.41) is 13.9. The lowest BCUT2D eigenvalue weighted by molar-refractivity contribution is -0.384. The van der Waals surface area contributed by atoms with E-state index in [9.17, 15) is 19.7 Å². The number of nitrogens with one attached hydrogen (secondary N) is 1. The smallest absolute Gasteiger partial charge is 0.336 e. The van der Waals surface area contributed by atoms with E-state index in [-0.39, 0.29) is 41.8 Å². The van der Waals surface area contributed by atoms with E-state index in [4.69, 9.17) is 21.1 Å². The number of nitro groups is 1. The molecule has 0 saturated heterocycles. The van der Waals surface area contributed by atoms with Crippen molar-refractivity contribution >= 4 is 29.2 Å². The summed E-state index contributed by atoms with van der Waals surface area (Å²) in [5.41, 5.74) is 0.725. The minimum Gasteiger partial charge on any atom is -0.460 e. The van der Waals surface area contributed by atoms with Crippen LogP contribution in [0.5, 0.6) is 0 Å². The third-order valence-corrected chi connectivity index (χ3v) is 4.12. The van der Waals surface area contributed by atoms with E-state index in [1.165, 1.54) is 25.3 Å². The highest BCUT2D eigenvalue weighted by molar-refractivity contribution is 6.31. The van der Waals surface area contributed by atoms with Crippen molar-refractivity contribution in [2.45, 2.75) is 19.3 Å². The van der Waals surface area contributed by atoms with Crippen molar-refractivity contribution in [2.75, 3.05) is 20.3 Å². The first kappa shape index (κ1) is 18.9. The lowest BCUT2D eigenvalue weighted by atomic mass is 9.84. The van der Waals surface area contributed by atoms with E-state index >= 15 is 0 Å². The van der Waals surface area contributed by atoms with Gasteiger partial charge < -0.3 is 14.8 Å². The van der Waals surface area contributed by atoms with Gasteiger partial charge in [0.15, 0.2) is 0 Å². The molecule has 0 radical (unpaired) electrons. The van der Waals surface area contributed by atoms with Crippen molar-refractivity contribution in [3.8, 4) is 0 Å². The lowest BCUT2D eigenvalue weighted by Gasteiger charge is -2.27. The maximum Gasteiger partial charge on any atom is 0.336 e. The number of nitro benzene ring substituents is 1. The van der Waals surface area contributed by atoms with Crippen LogP contribution in [-0.4, -0.2) is 37.1 Å². The van der Waals surface area contributed by atoms with E-state index in [1.807, 2.05) is 0 Å². The molecule has 1 heterocycles. The molecule has 2 rings (SSSR count). The van der Waals surface area contributed by atoms with E-state index in [1.54, 1.807) is 6.92 Å². The van der Waals surface area contributed by atoms with Crippen LogP contribution >= 0.6 is 11.6 Å². The molecule has 1 aliphatic heterocycles. The molecule has 0 spiro atoms. The lowest BCUT2D eigenvalue weighted by Crippen LogP contribution is -2.34. The van der Waals surface area contributed by atoms with Crippen LogP contribution in [0.1, 0.15) is 24.8 Å². The first-order valence-electron chi connectivity index (χ1n) is 7.45. The average molecular weight is 369 g/mol. The zero-order valence-corrected chi connectivity index (χ0v) is 14.5. The summed E-state index contributed by atoms with van der Waals surface area (Å²) in [6, 6.07) is 3.92. The first-order chi connectivity index (χ1) is 11.8. The maximum absolute atomic E-state index is 12.4. The molecular weight excluding hydrogens is 352 g/mol. The van der Waals surface area contributed by atoms with Gasteiger partial charge in [0.05, 0.1) is 17.1 Å². The molecule has 8 nitrogen and oxygen atoms in total. The fourth-order valence-electron chi connectivity index (χ4n) is 2.64. The normalized spacial score (nSPS) is 17.2. The Hall–Kier alpha value is -2.45. The van der Waals surface area contributed by atoms with Gasteiger partial charge in [-0.1, -0.05) is 11.6 Å². The number of nitrogens with zero attached hydrogens (tertiary/aromatic N) is 1. The summed E-state index contributed by atoms with van der Waals surface area (Å²) in [6.07, 6.45) is -0.0626. The van der Waals surface area contributed by atoms with Gasteiger partial charge in [0, 0.05) is 42.3 Å². The minimum absolute atomic E-state index is 0.0510. The zero-order valence-electron chi connectivity index (χ0n) is 13.7. The summed E-state index contributed by atoms with van der Waals surface area (Å²) < 4.78 is 9.98. The molecule has 25 heavy (non-hydrogen) atoms. The van der Waals surface area contributed by atoms with E-state index in [0.29, 0.717) is 11.3 Å². The number of methoxy groups -OCH3 is 1. The number of carbonyl (C=O) groups is 2. The molecule has 1 aliphatic rings. The van der Waals surface area contributed by atoms with Crippen LogP contribution in [0.2, 0.25) is 5.02 Å². The van der Waals surface area contributed by atoms with Gasteiger partial charge in [0.1, 0.15) is 6.61 Å². The SMILES string of the molecule is COCCOC(=O)C1=C(C)NC(=O)C[C@@H]1c1cc([N+](=O)[O-])ccc1Cl. The quantitative estimate of drug-likeness (QED) is 0.357. The Labute approximate surface area is 148 Å². The first-order valence-corrected chi connectivity index (χ1v) is 7.83. The standard InChI is InChI=1S/C16H17ClN2O6/c1-9-15(16(21)25-6-5-24-2)12(8-14(20)18-9)11-7-10(19(22)23)3-4-13(11)17/h3-4,7,12H,5-6,8H2,1-2H3,(H,18,20)/t12-/m1/s1. The van der Waals surface area contributed by atoms with Crippen LogP contribution < -0.4 is 5.32 Å². The Balaban J connectivity index is 2.44. The van der Waals surface area contributed by atoms with Crippen LogP contribution in [0.4, 0.5) is 5.69 Å². The number of hydrogen-bond acceptors (Lipinski definition) is 6. The molecule has 0 aliphatic carbocycles. The van der Waals surface area contributed by atoms with Crippen LogP contribution in [-0.2, 0) is 19.1 Å². The van der Waals surface area contributed by atoms with Gasteiger partial charge >= 0.3 is 5.97 Å². The number of ether oxygens (including phenoxy) is 2. The zero-order chi connectivity index (χ0) is 18.6. The summed E-state index contributed by atoms with van der Waals surface area (Å²) in [4.78, 5) is 34.8. The molecule has 9 heteroatoms. The second kappa shape index (κ2) is 8.09. The van der Waals surface area contributed by atoms with Crippen LogP contribution in [0.25, 0.3) is 0 Å². The van der Waals surface area contributed by atoms with Gasteiger partial charge in [-0.2, -0.15) is 0 Å². The maximum atomic E-state index is 12.4. The summed E-state index contributed by atoms with van der Waals surface area (Å²) in [7, 11) is 1.48. The third kappa shape index (κ3) is 4.34. The highest BCUT2D eigenvalue weighted by Crippen LogP contribution is 2.38. The molecule has 1 aromatic carbocycles. The molecular formula is C16H17ClN2O6. The van der Waals surface area contributed by atoms with Gasteiger partial charge in [0.25, 0.3) is 5.69 Å². The molecule has 1 N–H and O–H groups in total. The van der Waals surface area contributed by atoms with Gasteiger partial charge in [-0.25, -0.2) is 4.79 Å². The third-order valence-electron chi connectivity index (χ3n) is 3.78. The topological polar surface area (TPSA) is 108 Å². The number of esters is 1. The number of allylic oxidation sites excluding steroid dienone is 1. The number of halogens is 1. The fourth-order valence-corrected chi connectivity index (χ4v) is 2.89. The minimum atomic E-state index is -0.726. The molecule has 0 saturated carbocycles.